The maximum Gasteiger partial charge on any atom is 0.105 e. The fourth-order valence-electron chi connectivity index (χ4n) is 2.67. The van der Waals surface area contributed by atoms with Crippen LogP contribution in [0.15, 0.2) is 16.7 Å². The number of hydrogen-bond acceptors (Lipinski definition) is 4. The number of rotatable bonds is 5. The summed E-state index contributed by atoms with van der Waals surface area (Å²) in [5, 5.41) is 0. The van der Waals surface area contributed by atoms with Crippen molar-refractivity contribution in [3.05, 3.63) is 23.7 Å². The van der Waals surface area contributed by atoms with Crippen molar-refractivity contribution < 1.29 is 9.15 Å². The number of nitrogens with two attached hydrogens (primary N) is 1. The quantitative estimate of drug-likeness (QED) is 0.868. The molecule has 0 saturated carbocycles. The highest BCUT2D eigenvalue weighted by molar-refractivity contribution is 5.16. The number of aryl methyl sites for hydroxylation is 1. The summed E-state index contributed by atoms with van der Waals surface area (Å²) in [5.74, 6) is 1.50. The van der Waals surface area contributed by atoms with E-state index in [0.717, 1.165) is 31.9 Å². The van der Waals surface area contributed by atoms with E-state index >= 15 is 0 Å². The summed E-state index contributed by atoms with van der Waals surface area (Å²) in [7, 11) is 2.14. The van der Waals surface area contributed by atoms with E-state index in [1.54, 1.807) is 6.26 Å². The summed E-state index contributed by atoms with van der Waals surface area (Å²) in [6.45, 7) is 7.44. The summed E-state index contributed by atoms with van der Waals surface area (Å²) in [6, 6.07) is 2.04. The molecule has 2 atom stereocenters. The SMILES string of the molecule is Cc1occc1CN(C)C(C)(CN)C1CCOC1. The van der Waals surface area contributed by atoms with E-state index in [2.05, 4.69) is 18.9 Å². The highest BCUT2D eigenvalue weighted by Gasteiger charge is 2.39. The fourth-order valence-corrected chi connectivity index (χ4v) is 2.67. The molecule has 18 heavy (non-hydrogen) atoms. The summed E-state index contributed by atoms with van der Waals surface area (Å²) in [6.07, 6.45) is 2.85. The zero-order chi connectivity index (χ0) is 13.2. The molecule has 0 aromatic carbocycles. The maximum absolute atomic E-state index is 6.03. The van der Waals surface area contributed by atoms with E-state index in [1.165, 1.54) is 5.56 Å². The second-order valence-corrected chi connectivity index (χ2v) is 5.48. The van der Waals surface area contributed by atoms with Gasteiger partial charge in [-0.15, -0.1) is 0 Å². The van der Waals surface area contributed by atoms with Gasteiger partial charge in [-0.25, -0.2) is 0 Å². The van der Waals surface area contributed by atoms with Gasteiger partial charge in [0.15, 0.2) is 0 Å². The van der Waals surface area contributed by atoms with Crippen molar-refractivity contribution in [3.63, 3.8) is 0 Å². The van der Waals surface area contributed by atoms with Gasteiger partial charge in [-0.2, -0.15) is 0 Å². The van der Waals surface area contributed by atoms with Crippen LogP contribution in [0.2, 0.25) is 0 Å². The second kappa shape index (κ2) is 5.43. The number of hydrogen-bond donors (Lipinski definition) is 1. The summed E-state index contributed by atoms with van der Waals surface area (Å²) in [5.41, 5.74) is 7.25. The fraction of sp³-hybridized carbons (Fsp3) is 0.714. The molecular formula is C14H24N2O2. The predicted octanol–water partition coefficient (Wildman–Crippen LogP) is 1.77. The van der Waals surface area contributed by atoms with Crippen LogP contribution in [0.1, 0.15) is 24.7 Å². The monoisotopic (exact) mass is 252 g/mol. The molecule has 2 N–H and O–H groups in total. The van der Waals surface area contributed by atoms with Gasteiger partial charge in [0.05, 0.1) is 12.9 Å². The minimum Gasteiger partial charge on any atom is -0.469 e. The third-order valence-electron chi connectivity index (χ3n) is 4.47. The zero-order valence-corrected chi connectivity index (χ0v) is 11.6. The minimum atomic E-state index is -0.0137. The lowest BCUT2D eigenvalue weighted by molar-refractivity contribution is 0.0606. The van der Waals surface area contributed by atoms with Gasteiger partial charge >= 0.3 is 0 Å². The first-order valence-corrected chi connectivity index (χ1v) is 6.60. The van der Waals surface area contributed by atoms with Crippen LogP contribution in [0, 0.1) is 12.8 Å². The van der Waals surface area contributed by atoms with Crippen LogP contribution in [-0.2, 0) is 11.3 Å². The molecule has 1 aliphatic heterocycles. The molecule has 0 amide bonds. The molecule has 0 radical (unpaired) electrons. The van der Waals surface area contributed by atoms with Crippen LogP contribution in [0.4, 0.5) is 0 Å². The Kier molecular flexibility index (Phi) is 4.10. The Balaban J connectivity index is 2.09. The van der Waals surface area contributed by atoms with Gasteiger partial charge < -0.3 is 14.9 Å². The van der Waals surface area contributed by atoms with Crippen LogP contribution in [0.3, 0.4) is 0 Å². The first kappa shape index (κ1) is 13.6. The highest BCUT2D eigenvalue weighted by Crippen LogP contribution is 2.31. The maximum atomic E-state index is 6.03. The topological polar surface area (TPSA) is 51.6 Å². The molecule has 1 aromatic heterocycles. The lowest BCUT2D eigenvalue weighted by Crippen LogP contribution is -2.54. The molecule has 4 nitrogen and oxygen atoms in total. The van der Waals surface area contributed by atoms with E-state index in [0.29, 0.717) is 12.5 Å². The minimum absolute atomic E-state index is 0.0137. The van der Waals surface area contributed by atoms with Gasteiger partial charge in [-0.05, 0) is 33.4 Å². The highest BCUT2D eigenvalue weighted by atomic mass is 16.5. The van der Waals surface area contributed by atoms with Crippen LogP contribution >= 0.6 is 0 Å². The molecule has 2 rings (SSSR count). The van der Waals surface area contributed by atoms with Crippen LogP contribution < -0.4 is 5.73 Å². The Morgan fingerprint density at radius 3 is 2.83 bits per heavy atom. The van der Waals surface area contributed by atoms with E-state index in [1.807, 2.05) is 13.0 Å². The average molecular weight is 252 g/mol. The number of likely N-dealkylation sites (N-methyl/N-ethyl adjacent to an activating group) is 1. The third-order valence-corrected chi connectivity index (χ3v) is 4.47. The molecule has 1 saturated heterocycles. The van der Waals surface area contributed by atoms with E-state index in [-0.39, 0.29) is 5.54 Å². The first-order chi connectivity index (χ1) is 8.58. The molecule has 1 fully saturated rings. The largest absolute Gasteiger partial charge is 0.469 e. The lowest BCUT2D eigenvalue weighted by Gasteiger charge is -2.42. The van der Waals surface area contributed by atoms with Gasteiger partial charge in [-0.3, -0.25) is 4.90 Å². The number of ether oxygens (including phenoxy) is 1. The molecule has 0 spiro atoms. The van der Waals surface area contributed by atoms with Crippen molar-refractivity contribution >= 4 is 0 Å². The Morgan fingerprint density at radius 2 is 2.33 bits per heavy atom. The Morgan fingerprint density at radius 1 is 1.56 bits per heavy atom. The molecule has 2 heterocycles. The van der Waals surface area contributed by atoms with Crippen LogP contribution in [0.5, 0.6) is 0 Å². The van der Waals surface area contributed by atoms with Gasteiger partial charge in [-0.1, -0.05) is 0 Å². The standard InChI is InChI=1S/C14H24N2O2/c1-11-12(4-7-18-11)8-16(3)14(2,10-15)13-5-6-17-9-13/h4,7,13H,5-6,8-10,15H2,1-3H3. The normalized spacial score (nSPS) is 23.5. The van der Waals surface area contributed by atoms with Gasteiger partial charge in [0, 0.05) is 36.7 Å². The Hall–Kier alpha value is -0.840. The summed E-state index contributed by atoms with van der Waals surface area (Å²) in [4.78, 5) is 2.34. The number of furan rings is 1. The van der Waals surface area contributed by atoms with E-state index in [9.17, 15) is 0 Å². The summed E-state index contributed by atoms with van der Waals surface area (Å²) < 4.78 is 10.9. The van der Waals surface area contributed by atoms with Crippen molar-refractivity contribution in [2.24, 2.45) is 11.7 Å². The number of nitrogens with zero attached hydrogens (tertiary/aromatic N) is 1. The molecular weight excluding hydrogens is 228 g/mol. The first-order valence-electron chi connectivity index (χ1n) is 6.60. The average Bonchev–Trinajstić information content (AvgIpc) is 3.01. The molecule has 0 aliphatic carbocycles. The van der Waals surface area contributed by atoms with E-state index < -0.39 is 0 Å². The third kappa shape index (κ3) is 2.46. The zero-order valence-electron chi connectivity index (χ0n) is 11.6. The summed E-state index contributed by atoms with van der Waals surface area (Å²) >= 11 is 0. The molecule has 2 unspecified atom stereocenters. The van der Waals surface area contributed by atoms with Crippen LogP contribution in [-0.4, -0.2) is 37.2 Å². The van der Waals surface area contributed by atoms with Crippen molar-refractivity contribution in [2.45, 2.75) is 32.4 Å². The Labute approximate surface area is 109 Å². The van der Waals surface area contributed by atoms with Crippen LogP contribution in [0.25, 0.3) is 0 Å². The molecule has 0 bridgehead atoms. The van der Waals surface area contributed by atoms with Crippen molar-refractivity contribution in [1.29, 1.82) is 0 Å². The Bertz CT molecular complexity index is 385. The van der Waals surface area contributed by atoms with Crippen molar-refractivity contribution in [1.82, 2.24) is 4.90 Å². The molecule has 102 valence electrons. The van der Waals surface area contributed by atoms with Crippen molar-refractivity contribution in [3.8, 4) is 0 Å². The van der Waals surface area contributed by atoms with E-state index in [4.69, 9.17) is 14.9 Å². The second-order valence-electron chi connectivity index (χ2n) is 5.48. The van der Waals surface area contributed by atoms with Gasteiger partial charge in [0.2, 0.25) is 0 Å². The smallest absolute Gasteiger partial charge is 0.105 e. The van der Waals surface area contributed by atoms with Crippen molar-refractivity contribution in [2.75, 3.05) is 26.8 Å². The molecule has 1 aromatic rings. The molecule has 4 heteroatoms. The van der Waals surface area contributed by atoms with Gasteiger partial charge in [0.1, 0.15) is 5.76 Å². The van der Waals surface area contributed by atoms with Gasteiger partial charge in [0.25, 0.3) is 0 Å². The molecule has 1 aliphatic rings. The predicted molar refractivity (Wildman–Crippen MR) is 71.3 cm³/mol. The lowest BCUT2D eigenvalue weighted by atomic mass is 9.83.